The largest absolute Gasteiger partial charge is 0.444 e. The molecule has 6 atom stereocenters. The number of rotatable bonds is 9. The van der Waals surface area contributed by atoms with E-state index in [1.54, 1.807) is 135 Å². The predicted molar refractivity (Wildman–Crippen MR) is 271 cm³/mol. The van der Waals surface area contributed by atoms with Crippen molar-refractivity contribution in [3.05, 3.63) is 105 Å². The van der Waals surface area contributed by atoms with Crippen LogP contribution in [0.4, 0.5) is 14.4 Å². The first kappa shape index (κ1) is 58.4. The van der Waals surface area contributed by atoms with E-state index < -0.39 is 69.5 Å². The molecule has 3 saturated carbocycles. The van der Waals surface area contributed by atoms with Crippen molar-refractivity contribution in [2.45, 2.75) is 155 Å². The van der Waals surface area contributed by atoms with Gasteiger partial charge in [0.25, 0.3) is 0 Å². The van der Waals surface area contributed by atoms with Gasteiger partial charge in [-0.1, -0.05) is 89.4 Å². The van der Waals surface area contributed by atoms with Crippen molar-refractivity contribution < 1.29 is 43.0 Å². The maximum atomic E-state index is 12.5. The number of nitrogens with zero attached hydrogens (tertiary/aromatic N) is 3. The van der Waals surface area contributed by atoms with Crippen LogP contribution >= 0.6 is 34.8 Å². The van der Waals surface area contributed by atoms with E-state index in [9.17, 15) is 44.6 Å². The molecule has 3 N–H and O–H groups in total. The Morgan fingerprint density at radius 3 is 0.861 bits per heavy atom. The van der Waals surface area contributed by atoms with Crippen molar-refractivity contribution in [1.82, 2.24) is 16.0 Å². The number of amides is 3. The summed E-state index contributed by atoms with van der Waals surface area (Å²) in [5.74, 6) is -0.525. The van der Waals surface area contributed by atoms with Gasteiger partial charge >= 0.3 is 18.3 Å². The first-order valence-corrected chi connectivity index (χ1v) is 24.8. The molecule has 3 aromatic carbocycles. The van der Waals surface area contributed by atoms with Gasteiger partial charge in [0.1, 0.15) is 33.0 Å². The number of benzene rings is 3. The number of Topliss-reactive ketones (excluding diaryl/α,β-unsaturated/α-hetero) is 3. The predicted octanol–water partition coefficient (Wildman–Crippen LogP) is 12.5. The van der Waals surface area contributed by atoms with Gasteiger partial charge in [-0.25, -0.2) is 14.4 Å². The Labute approximate surface area is 437 Å². The second-order valence-corrected chi connectivity index (χ2v) is 22.1. The third-order valence-corrected chi connectivity index (χ3v) is 13.2. The minimum Gasteiger partial charge on any atom is -0.444 e. The topological polar surface area (TPSA) is 238 Å². The van der Waals surface area contributed by atoms with E-state index in [4.69, 9.17) is 49.0 Å². The number of alkyl carbamates (subject to hydrolysis) is 3. The van der Waals surface area contributed by atoms with Crippen LogP contribution < -0.4 is 16.0 Å². The van der Waals surface area contributed by atoms with E-state index in [0.29, 0.717) is 89.5 Å². The molecule has 0 aromatic heterocycles. The summed E-state index contributed by atoms with van der Waals surface area (Å²) in [4.78, 5) is 74.2. The average molecular weight is 1050 g/mol. The molecule has 0 aliphatic heterocycles. The van der Waals surface area contributed by atoms with E-state index in [1.807, 2.05) is 0 Å². The van der Waals surface area contributed by atoms with Crippen LogP contribution in [0.25, 0.3) is 0 Å². The van der Waals surface area contributed by atoms with Gasteiger partial charge in [0, 0.05) is 34.3 Å². The van der Waals surface area contributed by atoms with Gasteiger partial charge in [-0.3, -0.25) is 14.4 Å². The molecule has 0 saturated heterocycles. The molecule has 0 spiro atoms. The zero-order valence-electron chi connectivity index (χ0n) is 42.2. The van der Waals surface area contributed by atoms with Gasteiger partial charge in [-0.2, -0.15) is 15.8 Å². The molecule has 3 fully saturated rings. The maximum Gasteiger partial charge on any atom is 0.408 e. The van der Waals surface area contributed by atoms with Crippen molar-refractivity contribution in [3.8, 4) is 18.2 Å². The number of ketones is 3. The summed E-state index contributed by atoms with van der Waals surface area (Å²) in [7, 11) is 0. The third-order valence-electron chi connectivity index (χ3n) is 12.1. The molecule has 3 aliphatic rings. The maximum absolute atomic E-state index is 12.5. The Balaban J connectivity index is 0.000000234. The van der Waals surface area contributed by atoms with E-state index in [0.717, 1.165) is 0 Å². The molecule has 0 unspecified atom stereocenters. The minimum absolute atomic E-state index is 0.175. The molecule has 0 radical (unpaired) electrons. The number of ether oxygens (including phenoxy) is 3. The van der Waals surface area contributed by atoms with Crippen LogP contribution in [0.1, 0.15) is 155 Å². The van der Waals surface area contributed by atoms with Crippen LogP contribution in [-0.2, 0) is 28.6 Å². The van der Waals surface area contributed by atoms with Gasteiger partial charge < -0.3 is 30.2 Å². The third kappa shape index (κ3) is 14.5. The van der Waals surface area contributed by atoms with E-state index >= 15 is 0 Å². The Kier molecular flexibility index (Phi) is 19.5. The second-order valence-electron chi connectivity index (χ2n) is 20.9. The molecule has 0 heterocycles. The lowest BCUT2D eigenvalue weighted by Gasteiger charge is -2.32. The Morgan fingerprint density at radius 1 is 0.472 bits per heavy atom. The highest BCUT2D eigenvalue weighted by molar-refractivity contribution is 6.32. The molecular weight excluding hydrogens is 983 g/mol. The smallest absolute Gasteiger partial charge is 0.408 e. The molecule has 3 aliphatic carbocycles. The Morgan fingerprint density at radius 2 is 0.694 bits per heavy atom. The lowest BCUT2D eigenvalue weighted by Crippen LogP contribution is -2.44. The van der Waals surface area contributed by atoms with E-state index in [1.165, 1.54) is 0 Å². The number of halogens is 3. The molecule has 18 heteroatoms. The summed E-state index contributed by atoms with van der Waals surface area (Å²) >= 11 is 18.8. The molecule has 3 amide bonds. The summed E-state index contributed by atoms with van der Waals surface area (Å²) in [6.07, 6.45) is 1.93. The second kappa shape index (κ2) is 24.0. The number of nitriles is 3. The van der Waals surface area contributed by atoms with Crippen LogP contribution in [0.5, 0.6) is 0 Å². The highest BCUT2D eigenvalue weighted by Crippen LogP contribution is 2.49. The van der Waals surface area contributed by atoms with Crippen LogP contribution in [0.2, 0.25) is 15.1 Å². The lowest BCUT2D eigenvalue weighted by molar-refractivity contribution is -0.125. The van der Waals surface area contributed by atoms with Gasteiger partial charge in [0.2, 0.25) is 0 Å². The van der Waals surface area contributed by atoms with Crippen LogP contribution in [0.3, 0.4) is 0 Å². The summed E-state index contributed by atoms with van der Waals surface area (Å²) in [6, 6.07) is 24.6. The van der Waals surface area contributed by atoms with Gasteiger partial charge in [0.05, 0.1) is 36.3 Å². The van der Waals surface area contributed by atoms with Crippen LogP contribution in [0.15, 0.2) is 72.8 Å². The van der Waals surface area contributed by atoms with Gasteiger partial charge in [0.15, 0.2) is 17.3 Å². The SMILES string of the molecule is CC(C)(C)OC(=O)N[C@H](c1ccccc1Cl)[C@@]1(C#N)CCCC1=O.CC(C)(C)OC(=O)N[C@H](c1ccccc1Cl)[C@@]1(C#N)CCCC1=O.CC(C)(C)OC(=O)N[C@H](c1ccccc1Cl)[C@@]1(C#N)CCCC1=O. The van der Waals surface area contributed by atoms with Gasteiger partial charge in [-0.15, -0.1) is 0 Å². The van der Waals surface area contributed by atoms with E-state index in [2.05, 4.69) is 34.2 Å². The van der Waals surface area contributed by atoms with Crippen LogP contribution in [-0.4, -0.2) is 52.4 Å². The first-order valence-electron chi connectivity index (χ1n) is 23.6. The monoisotopic (exact) mass is 1040 g/mol. The fraction of sp³-hybridized carbons (Fsp3) is 0.500. The minimum atomic E-state index is -1.32. The number of carbonyl (C=O) groups is 6. The van der Waals surface area contributed by atoms with Crippen molar-refractivity contribution >= 4 is 70.4 Å². The molecule has 384 valence electrons. The standard InChI is InChI=1S/3C18H21ClN2O3/c3*1-17(2,3)24-16(23)21-15(12-7-4-5-8-13(12)19)18(11-20)10-6-9-14(18)22/h3*4-5,7-8,15H,6,9-10H2,1-3H3,(H,21,23)/t3*15-,18-/m111/s1. The molecule has 15 nitrogen and oxygen atoms in total. The summed E-state index contributed by atoms with van der Waals surface area (Å²) in [5.41, 5.74) is -4.38. The first-order chi connectivity index (χ1) is 33.6. The molecule has 0 bridgehead atoms. The normalized spacial score (nSPS) is 21.9. The average Bonchev–Trinajstić information content (AvgIpc) is 3.99. The number of carbonyl (C=O) groups excluding carboxylic acids is 6. The summed E-state index contributed by atoms with van der Waals surface area (Å²) in [5, 5.41) is 38.6. The summed E-state index contributed by atoms with van der Waals surface area (Å²) in [6.45, 7) is 15.7. The van der Waals surface area contributed by atoms with Crippen molar-refractivity contribution in [1.29, 1.82) is 15.8 Å². The molecular formula is C54H63Cl3N6O9. The fourth-order valence-electron chi connectivity index (χ4n) is 8.94. The Hall–Kier alpha value is -6.18. The van der Waals surface area contributed by atoms with Gasteiger partial charge in [-0.05, 0) is 136 Å². The molecule has 6 rings (SSSR count). The summed E-state index contributed by atoms with van der Waals surface area (Å²) < 4.78 is 15.9. The quantitative estimate of drug-likeness (QED) is 0.170. The lowest BCUT2D eigenvalue weighted by atomic mass is 9.76. The van der Waals surface area contributed by atoms with Crippen molar-refractivity contribution in [3.63, 3.8) is 0 Å². The fourth-order valence-corrected chi connectivity index (χ4v) is 9.67. The Bertz CT molecular complexity index is 2350. The zero-order chi connectivity index (χ0) is 53.9. The number of hydrogen-bond acceptors (Lipinski definition) is 12. The number of hydrogen-bond donors (Lipinski definition) is 3. The highest BCUT2D eigenvalue weighted by atomic mass is 35.5. The van der Waals surface area contributed by atoms with Crippen molar-refractivity contribution in [2.24, 2.45) is 16.2 Å². The van der Waals surface area contributed by atoms with E-state index in [-0.39, 0.29) is 17.3 Å². The number of nitrogens with one attached hydrogen (secondary N) is 3. The molecule has 72 heavy (non-hydrogen) atoms. The van der Waals surface area contributed by atoms with Crippen molar-refractivity contribution in [2.75, 3.05) is 0 Å². The van der Waals surface area contributed by atoms with Crippen LogP contribution in [0, 0.1) is 50.2 Å². The molecule has 3 aromatic rings. The zero-order valence-corrected chi connectivity index (χ0v) is 44.4. The highest BCUT2D eigenvalue weighted by Gasteiger charge is 2.53.